The molecule has 0 spiro atoms. The summed E-state index contributed by atoms with van der Waals surface area (Å²) in [6, 6.07) is 10.4. The van der Waals surface area contributed by atoms with Crippen molar-refractivity contribution in [3.63, 3.8) is 0 Å². The van der Waals surface area contributed by atoms with E-state index >= 15 is 0 Å². The standard InChI is InChI=1S/C22H32O3/c1-6-16(3)20(23)21(24)25-19-14-15(2)12-13-18(19)22(4,5)17-10-8-7-9-11-17/h6-11,15-16,18-20,23H,1,12-14H2,2-5H3/t15-,16-,18-,19-,20+/m1/s1. The Morgan fingerprint density at radius 3 is 2.56 bits per heavy atom. The van der Waals surface area contributed by atoms with Crippen molar-refractivity contribution < 1.29 is 14.6 Å². The third-order valence-corrected chi connectivity index (χ3v) is 5.88. The smallest absolute Gasteiger partial charge is 0.335 e. The molecule has 1 saturated carbocycles. The number of aliphatic hydroxyl groups is 1. The van der Waals surface area contributed by atoms with Crippen LogP contribution in [0.3, 0.4) is 0 Å². The molecule has 1 aromatic rings. The van der Waals surface area contributed by atoms with E-state index in [9.17, 15) is 9.90 Å². The lowest BCUT2D eigenvalue weighted by Crippen LogP contribution is -2.45. The molecular weight excluding hydrogens is 312 g/mol. The van der Waals surface area contributed by atoms with Crippen LogP contribution in [0.25, 0.3) is 0 Å². The SMILES string of the molecule is C=C[C@@H](C)[C@H](O)C(=O)O[C@@H]1C[C@H](C)CC[C@H]1C(C)(C)c1ccccc1. The molecule has 0 unspecified atom stereocenters. The van der Waals surface area contributed by atoms with Crippen LogP contribution in [0.5, 0.6) is 0 Å². The van der Waals surface area contributed by atoms with Crippen LogP contribution in [0.15, 0.2) is 43.0 Å². The maximum Gasteiger partial charge on any atom is 0.335 e. The Bertz CT molecular complexity index is 578. The zero-order valence-electron chi connectivity index (χ0n) is 15.9. The number of carbonyl (C=O) groups excluding carboxylic acids is 1. The Morgan fingerprint density at radius 1 is 1.32 bits per heavy atom. The number of benzene rings is 1. The van der Waals surface area contributed by atoms with E-state index in [0.717, 1.165) is 19.3 Å². The van der Waals surface area contributed by atoms with Gasteiger partial charge in [0.1, 0.15) is 6.10 Å². The van der Waals surface area contributed by atoms with Gasteiger partial charge in [-0.25, -0.2) is 4.79 Å². The fourth-order valence-corrected chi connectivity index (χ4v) is 3.93. The highest BCUT2D eigenvalue weighted by Crippen LogP contribution is 2.43. The molecule has 3 heteroatoms. The van der Waals surface area contributed by atoms with Crippen LogP contribution in [0.1, 0.15) is 52.5 Å². The highest BCUT2D eigenvalue weighted by atomic mass is 16.6. The van der Waals surface area contributed by atoms with Crippen molar-refractivity contribution in [2.45, 2.75) is 64.6 Å². The van der Waals surface area contributed by atoms with Crippen molar-refractivity contribution in [1.82, 2.24) is 0 Å². The Labute approximate surface area is 152 Å². The average molecular weight is 344 g/mol. The number of hydrogen-bond donors (Lipinski definition) is 1. The Morgan fingerprint density at radius 2 is 1.96 bits per heavy atom. The Kier molecular flexibility index (Phi) is 6.45. The highest BCUT2D eigenvalue weighted by molar-refractivity contribution is 5.75. The van der Waals surface area contributed by atoms with Gasteiger partial charge in [-0.2, -0.15) is 0 Å². The zero-order chi connectivity index (χ0) is 18.6. The molecule has 1 aliphatic carbocycles. The van der Waals surface area contributed by atoms with Crippen molar-refractivity contribution >= 4 is 5.97 Å². The normalized spacial score (nSPS) is 26.5. The third kappa shape index (κ3) is 4.52. The molecule has 0 radical (unpaired) electrons. The van der Waals surface area contributed by atoms with Crippen molar-refractivity contribution in [3.8, 4) is 0 Å². The van der Waals surface area contributed by atoms with Gasteiger partial charge in [-0.15, -0.1) is 6.58 Å². The van der Waals surface area contributed by atoms with E-state index in [1.807, 2.05) is 6.07 Å². The number of esters is 1. The van der Waals surface area contributed by atoms with Gasteiger partial charge >= 0.3 is 5.97 Å². The molecule has 2 rings (SSSR count). The summed E-state index contributed by atoms with van der Waals surface area (Å²) in [5.41, 5.74) is 1.16. The molecule has 1 aliphatic rings. The first-order chi connectivity index (χ1) is 11.8. The number of ether oxygens (including phenoxy) is 1. The molecule has 0 saturated heterocycles. The summed E-state index contributed by atoms with van der Waals surface area (Å²) in [6.45, 7) is 12.1. The van der Waals surface area contributed by atoms with Gasteiger partial charge < -0.3 is 9.84 Å². The number of aliphatic hydroxyl groups excluding tert-OH is 1. The van der Waals surface area contributed by atoms with Gasteiger partial charge in [0, 0.05) is 11.8 Å². The minimum absolute atomic E-state index is 0.0959. The summed E-state index contributed by atoms with van der Waals surface area (Å²) < 4.78 is 5.83. The van der Waals surface area contributed by atoms with E-state index in [1.54, 1.807) is 13.0 Å². The molecule has 5 atom stereocenters. The average Bonchev–Trinajstić information content (AvgIpc) is 2.60. The lowest BCUT2D eigenvalue weighted by atomic mass is 9.64. The molecule has 1 aromatic carbocycles. The van der Waals surface area contributed by atoms with E-state index in [2.05, 4.69) is 51.6 Å². The van der Waals surface area contributed by atoms with E-state index in [-0.39, 0.29) is 23.4 Å². The highest BCUT2D eigenvalue weighted by Gasteiger charge is 2.42. The van der Waals surface area contributed by atoms with Gasteiger partial charge in [0.05, 0.1) is 0 Å². The lowest BCUT2D eigenvalue weighted by Gasteiger charge is -2.44. The first-order valence-electron chi connectivity index (χ1n) is 9.34. The summed E-state index contributed by atoms with van der Waals surface area (Å²) in [5.74, 6) is -0.0784. The van der Waals surface area contributed by atoms with Gasteiger partial charge in [-0.1, -0.05) is 70.5 Å². The molecule has 25 heavy (non-hydrogen) atoms. The van der Waals surface area contributed by atoms with Gasteiger partial charge in [-0.05, 0) is 29.7 Å². The molecule has 0 bridgehead atoms. The van der Waals surface area contributed by atoms with E-state index in [0.29, 0.717) is 5.92 Å². The first kappa shape index (κ1) is 19.7. The quantitative estimate of drug-likeness (QED) is 0.611. The molecule has 1 fully saturated rings. The fraction of sp³-hybridized carbons (Fsp3) is 0.591. The molecule has 0 aliphatic heterocycles. The molecule has 0 heterocycles. The summed E-state index contributed by atoms with van der Waals surface area (Å²) in [5, 5.41) is 10.1. The Balaban J connectivity index is 2.20. The van der Waals surface area contributed by atoms with Crippen LogP contribution in [0, 0.1) is 17.8 Å². The van der Waals surface area contributed by atoms with E-state index in [1.165, 1.54) is 5.56 Å². The number of carbonyl (C=O) groups is 1. The molecule has 0 amide bonds. The predicted molar refractivity (Wildman–Crippen MR) is 101 cm³/mol. The second-order valence-electron chi connectivity index (χ2n) is 8.13. The second kappa shape index (κ2) is 8.18. The molecule has 0 aromatic heterocycles. The van der Waals surface area contributed by atoms with Crippen LogP contribution in [-0.2, 0) is 14.9 Å². The molecule has 138 valence electrons. The number of hydrogen-bond acceptors (Lipinski definition) is 3. The van der Waals surface area contributed by atoms with Gasteiger partial charge in [0.15, 0.2) is 6.10 Å². The van der Waals surface area contributed by atoms with Crippen LogP contribution in [0.4, 0.5) is 0 Å². The minimum atomic E-state index is -1.14. The second-order valence-corrected chi connectivity index (χ2v) is 8.13. The molecular formula is C22H32O3. The summed E-state index contributed by atoms with van der Waals surface area (Å²) >= 11 is 0. The van der Waals surface area contributed by atoms with Crippen molar-refractivity contribution in [2.24, 2.45) is 17.8 Å². The van der Waals surface area contributed by atoms with Crippen molar-refractivity contribution in [2.75, 3.05) is 0 Å². The van der Waals surface area contributed by atoms with E-state index in [4.69, 9.17) is 4.74 Å². The largest absolute Gasteiger partial charge is 0.460 e. The fourth-order valence-electron chi connectivity index (χ4n) is 3.93. The minimum Gasteiger partial charge on any atom is -0.460 e. The van der Waals surface area contributed by atoms with Crippen LogP contribution in [0.2, 0.25) is 0 Å². The third-order valence-electron chi connectivity index (χ3n) is 5.88. The summed E-state index contributed by atoms with van der Waals surface area (Å²) in [6.07, 6.45) is 3.28. The maximum absolute atomic E-state index is 12.4. The van der Waals surface area contributed by atoms with Gasteiger partial charge in [0.25, 0.3) is 0 Å². The van der Waals surface area contributed by atoms with Gasteiger partial charge in [-0.3, -0.25) is 0 Å². The van der Waals surface area contributed by atoms with Crippen LogP contribution in [-0.4, -0.2) is 23.3 Å². The zero-order valence-corrected chi connectivity index (χ0v) is 15.9. The van der Waals surface area contributed by atoms with Crippen LogP contribution >= 0.6 is 0 Å². The summed E-state index contributed by atoms with van der Waals surface area (Å²) in [4.78, 5) is 12.4. The number of rotatable bonds is 6. The van der Waals surface area contributed by atoms with Crippen LogP contribution < -0.4 is 0 Å². The molecule has 3 nitrogen and oxygen atoms in total. The first-order valence-corrected chi connectivity index (χ1v) is 9.34. The summed E-state index contributed by atoms with van der Waals surface area (Å²) in [7, 11) is 0. The van der Waals surface area contributed by atoms with Gasteiger partial charge in [0.2, 0.25) is 0 Å². The van der Waals surface area contributed by atoms with E-state index < -0.39 is 12.1 Å². The maximum atomic E-state index is 12.4. The van der Waals surface area contributed by atoms with Crippen molar-refractivity contribution in [3.05, 3.63) is 48.6 Å². The van der Waals surface area contributed by atoms with Crippen molar-refractivity contribution in [1.29, 1.82) is 0 Å². The monoisotopic (exact) mass is 344 g/mol. The topological polar surface area (TPSA) is 46.5 Å². The molecule has 1 N–H and O–H groups in total. The lowest BCUT2D eigenvalue weighted by molar-refractivity contribution is -0.168. The Hall–Kier alpha value is -1.61. The predicted octanol–water partition coefficient (Wildman–Crippen LogP) is 4.50.